The lowest BCUT2D eigenvalue weighted by atomic mass is 9.94. The van der Waals surface area contributed by atoms with Gasteiger partial charge in [-0.05, 0) is 5.92 Å². The maximum atomic E-state index is 14.1. The third-order valence-corrected chi connectivity index (χ3v) is 3.98. The van der Waals surface area contributed by atoms with Crippen LogP contribution in [0.2, 0.25) is 0 Å². The zero-order chi connectivity index (χ0) is 15.6. The molecule has 1 aromatic heterocycles. The van der Waals surface area contributed by atoms with E-state index in [2.05, 4.69) is 28.7 Å². The number of hydrogen-bond acceptors (Lipinski definition) is 5. The van der Waals surface area contributed by atoms with Crippen LogP contribution in [0, 0.1) is 0 Å². The standard InChI is InChI=1S/C15H25FN4O/c1-11(2)12-9-13(18-14(17-12)19(3)4)20-7-5-15(16,10-21)6-8-20/h9,11,21H,5-8,10H2,1-4H3. The van der Waals surface area contributed by atoms with Gasteiger partial charge < -0.3 is 14.9 Å². The second-order valence-electron chi connectivity index (χ2n) is 6.30. The summed E-state index contributed by atoms with van der Waals surface area (Å²) in [4.78, 5) is 13.1. The molecule has 0 aromatic carbocycles. The predicted octanol–water partition coefficient (Wildman–Crippen LogP) is 1.97. The van der Waals surface area contributed by atoms with Gasteiger partial charge in [0.15, 0.2) is 0 Å². The molecular formula is C15H25FN4O. The van der Waals surface area contributed by atoms with Crippen molar-refractivity contribution in [3.8, 4) is 0 Å². The molecule has 0 spiro atoms. The third kappa shape index (κ3) is 3.61. The fourth-order valence-corrected chi connectivity index (χ4v) is 2.39. The Hall–Kier alpha value is -1.43. The van der Waals surface area contributed by atoms with Crippen molar-refractivity contribution in [3.63, 3.8) is 0 Å². The van der Waals surface area contributed by atoms with Gasteiger partial charge in [0, 0.05) is 46.1 Å². The van der Waals surface area contributed by atoms with Crippen molar-refractivity contribution in [1.29, 1.82) is 0 Å². The lowest BCUT2D eigenvalue weighted by molar-refractivity contribution is 0.0480. The topological polar surface area (TPSA) is 52.5 Å². The Kier molecular flexibility index (Phi) is 4.66. The normalized spacial score (nSPS) is 18.1. The maximum Gasteiger partial charge on any atom is 0.227 e. The van der Waals surface area contributed by atoms with Gasteiger partial charge in [-0.2, -0.15) is 4.98 Å². The van der Waals surface area contributed by atoms with Gasteiger partial charge in [-0.25, -0.2) is 9.37 Å². The van der Waals surface area contributed by atoms with E-state index in [-0.39, 0.29) is 0 Å². The highest BCUT2D eigenvalue weighted by Crippen LogP contribution is 2.30. The highest BCUT2D eigenvalue weighted by molar-refractivity contribution is 5.46. The van der Waals surface area contributed by atoms with Gasteiger partial charge in [-0.15, -0.1) is 0 Å². The van der Waals surface area contributed by atoms with Crippen molar-refractivity contribution in [2.45, 2.75) is 38.3 Å². The number of aromatic nitrogens is 2. The Morgan fingerprint density at radius 3 is 2.43 bits per heavy atom. The summed E-state index contributed by atoms with van der Waals surface area (Å²) in [6.45, 7) is 4.93. The number of piperidine rings is 1. The minimum atomic E-state index is -1.44. The predicted molar refractivity (Wildman–Crippen MR) is 82.8 cm³/mol. The molecule has 5 nitrogen and oxygen atoms in total. The molecule has 0 amide bonds. The highest BCUT2D eigenvalue weighted by atomic mass is 19.1. The van der Waals surface area contributed by atoms with Crippen molar-refractivity contribution in [3.05, 3.63) is 11.8 Å². The van der Waals surface area contributed by atoms with Crippen LogP contribution in [-0.4, -0.2) is 54.5 Å². The van der Waals surface area contributed by atoms with E-state index in [0.29, 0.717) is 37.8 Å². The molecule has 0 unspecified atom stereocenters. The molecule has 0 saturated carbocycles. The lowest BCUT2D eigenvalue weighted by Gasteiger charge is -2.36. The zero-order valence-corrected chi connectivity index (χ0v) is 13.3. The third-order valence-electron chi connectivity index (χ3n) is 3.98. The first-order valence-corrected chi connectivity index (χ1v) is 7.46. The number of alkyl halides is 1. The molecule has 2 heterocycles. The molecule has 1 aliphatic rings. The van der Waals surface area contributed by atoms with Crippen molar-refractivity contribution >= 4 is 11.8 Å². The number of nitrogens with zero attached hydrogens (tertiary/aromatic N) is 4. The summed E-state index contributed by atoms with van der Waals surface area (Å²) in [6.07, 6.45) is 0.670. The molecule has 1 N–H and O–H groups in total. The smallest absolute Gasteiger partial charge is 0.227 e. The fraction of sp³-hybridized carbons (Fsp3) is 0.733. The summed E-state index contributed by atoms with van der Waals surface area (Å²) in [5, 5.41) is 9.12. The Balaban J connectivity index is 2.23. The van der Waals surface area contributed by atoms with Gasteiger partial charge in [0.25, 0.3) is 0 Å². The zero-order valence-electron chi connectivity index (χ0n) is 13.3. The molecule has 1 saturated heterocycles. The second-order valence-corrected chi connectivity index (χ2v) is 6.30. The van der Waals surface area contributed by atoms with Crippen LogP contribution in [0.15, 0.2) is 6.07 Å². The van der Waals surface area contributed by atoms with Crippen molar-refractivity contribution in [1.82, 2.24) is 9.97 Å². The molecule has 2 rings (SSSR count). The molecule has 0 radical (unpaired) electrons. The van der Waals surface area contributed by atoms with Crippen LogP contribution in [0.25, 0.3) is 0 Å². The molecule has 0 atom stereocenters. The second kappa shape index (κ2) is 6.13. The quantitative estimate of drug-likeness (QED) is 0.920. The Morgan fingerprint density at radius 2 is 1.95 bits per heavy atom. The van der Waals surface area contributed by atoms with E-state index in [1.54, 1.807) is 0 Å². The molecule has 1 fully saturated rings. The number of rotatable bonds is 4. The van der Waals surface area contributed by atoms with Gasteiger partial charge in [0.05, 0.1) is 12.3 Å². The van der Waals surface area contributed by atoms with Gasteiger partial charge in [-0.3, -0.25) is 0 Å². The van der Waals surface area contributed by atoms with Gasteiger partial charge >= 0.3 is 0 Å². The highest BCUT2D eigenvalue weighted by Gasteiger charge is 2.34. The van der Waals surface area contributed by atoms with Crippen LogP contribution in [-0.2, 0) is 0 Å². The molecule has 21 heavy (non-hydrogen) atoms. The summed E-state index contributed by atoms with van der Waals surface area (Å²) in [5.41, 5.74) is -0.447. The molecular weight excluding hydrogens is 271 g/mol. The maximum absolute atomic E-state index is 14.1. The summed E-state index contributed by atoms with van der Waals surface area (Å²) in [7, 11) is 3.83. The van der Waals surface area contributed by atoms with Crippen LogP contribution < -0.4 is 9.80 Å². The van der Waals surface area contributed by atoms with Gasteiger partial charge in [0.2, 0.25) is 5.95 Å². The van der Waals surface area contributed by atoms with Gasteiger partial charge in [0.1, 0.15) is 11.5 Å². The molecule has 0 bridgehead atoms. The number of hydrogen-bond donors (Lipinski definition) is 1. The van der Waals surface area contributed by atoms with Crippen LogP contribution in [0.1, 0.15) is 38.3 Å². The van der Waals surface area contributed by atoms with Crippen LogP contribution in [0.5, 0.6) is 0 Å². The fourth-order valence-electron chi connectivity index (χ4n) is 2.39. The van der Waals surface area contributed by atoms with E-state index < -0.39 is 12.3 Å². The van der Waals surface area contributed by atoms with E-state index in [4.69, 9.17) is 5.11 Å². The first-order chi connectivity index (χ1) is 9.84. The van der Waals surface area contributed by atoms with E-state index in [9.17, 15) is 4.39 Å². The summed E-state index contributed by atoms with van der Waals surface area (Å²) < 4.78 is 14.1. The van der Waals surface area contributed by atoms with E-state index in [1.165, 1.54) is 0 Å². The number of anilines is 2. The lowest BCUT2D eigenvalue weighted by Crippen LogP contribution is -2.44. The monoisotopic (exact) mass is 296 g/mol. The molecule has 6 heteroatoms. The van der Waals surface area contributed by atoms with Crippen LogP contribution in [0.3, 0.4) is 0 Å². The molecule has 0 aliphatic carbocycles. The van der Waals surface area contributed by atoms with Gasteiger partial charge in [-0.1, -0.05) is 13.8 Å². The minimum Gasteiger partial charge on any atom is -0.393 e. The summed E-state index contributed by atoms with van der Waals surface area (Å²) >= 11 is 0. The Bertz CT molecular complexity index is 458. The van der Waals surface area contributed by atoms with Crippen molar-refractivity contribution < 1.29 is 9.50 Å². The molecule has 1 aliphatic heterocycles. The summed E-state index contributed by atoms with van der Waals surface area (Å²) in [5.74, 6) is 1.83. The first-order valence-electron chi connectivity index (χ1n) is 7.46. The number of halogens is 1. The Morgan fingerprint density at radius 1 is 1.33 bits per heavy atom. The summed E-state index contributed by atoms with van der Waals surface area (Å²) in [6, 6.07) is 1.99. The number of aliphatic hydroxyl groups excluding tert-OH is 1. The first kappa shape index (κ1) is 15.9. The van der Waals surface area contributed by atoms with E-state index in [1.807, 2.05) is 25.1 Å². The Labute approximate surface area is 125 Å². The van der Waals surface area contributed by atoms with Crippen molar-refractivity contribution in [2.75, 3.05) is 43.6 Å². The SMILES string of the molecule is CC(C)c1cc(N2CCC(F)(CO)CC2)nc(N(C)C)n1. The average molecular weight is 296 g/mol. The number of aliphatic hydroxyl groups is 1. The van der Waals surface area contributed by atoms with Crippen LogP contribution in [0.4, 0.5) is 16.2 Å². The minimum absolute atomic E-state index is 0.313. The van der Waals surface area contributed by atoms with Crippen LogP contribution >= 0.6 is 0 Å². The molecule has 118 valence electrons. The van der Waals surface area contributed by atoms with E-state index >= 15 is 0 Å². The largest absolute Gasteiger partial charge is 0.393 e. The average Bonchev–Trinajstić information content (AvgIpc) is 2.47. The van der Waals surface area contributed by atoms with E-state index in [0.717, 1.165) is 11.5 Å². The molecule has 1 aromatic rings. The van der Waals surface area contributed by atoms with Crippen molar-refractivity contribution in [2.24, 2.45) is 0 Å².